The molecule has 2 heterocycles. The smallest absolute Gasteiger partial charge is 0.0479 e. The number of benzene rings is 2. The fraction of sp³-hybridized carbons (Fsp3) is 0.222. The van der Waals surface area contributed by atoms with Crippen molar-refractivity contribution in [2.75, 3.05) is 18.0 Å². The molecule has 0 N–H and O–H groups in total. The minimum absolute atomic E-state index is 1.16. The first kappa shape index (κ1) is 10.9. The Morgan fingerprint density at radius 1 is 0.895 bits per heavy atom. The van der Waals surface area contributed by atoms with E-state index in [2.05, 4.69) is 59.5 Å². The lowest BCUT2D eigenvalue weighted by molar-refractivity contribution is 0.831. The van der Waals surface area contributed by atoms with Crippen LogP contribution in [0.15, 0.2) is 48.5 Å². The van der Waals surface area contributed by atoms with Gasteiger partial charge in [-0.2, -0.15) is 0 Å². The molecule has 94 valence electrons. The van der Waals surface area contributed by atoms with Gasteiger partial charge in [-0.3, -0.25) is 0 Å². The molecule has 2 aliphatic heterocycles. The van der Waals surface area contributed by atoms with Gasteiger partial charge in [0.25, 0.3) is 0 Å². The Morgan fingerprint density at radius 3 is 2.68 bits per heavy atom. The summed E-state index contributed by atoms with van der Waals surface area (Å²) in [5.41, 5.74) is 7.10. The average Bonchev–Trinajstić information content (AvgIpc) is 2.75. The van der Waals surface area contributed by atoms with Gasteiger partial charge in [-0.05, 0) is 29.5 Å². The summed E-state index contributed by atoms with van der Waals surface area (Å²) in [4.78, 5) is 2.55. The fourth-order valence-electron chi connectivity index (χ4n) is 3.29. The molecule has 0 saturated heterocycles. The van der Waals surface area contributed by atoms with Gasteiger partial charge in [-0.25, -0.2) is 0 Å². The Labute approximate surface area is 114 Å². The van der Waals surface area contributed by atoms with Gasteiger partial charge in [0.1, 0.15) is 0 Å². The highest BCUT2D eigenvalue weighted by Gasteiger charge is 2.24. The summed E-state index contributed by atoms with van der Waals surface area (Å²) in [5.74, 6) is 0. The van der Waals surface area contributed by atoms with Crippen LogP contribution in [0.25, 0.3) is 17.2 Å². The van der Waals surface area contributed by atoms with E-state index in [1.807, 2.05) is 0 Å². The molecule has 0 saturated carbocycles. The van der Waals surface area contributed by atoms with Gasteiger partial charge >= 0.3 is 0 Å². The van der Waals surface area contributed by atoms with E-state index in [9.17, 15) is 0 Å². The van der Waals surface area contributed by atoms with Crippen molar-refractivity contribution in [2.24, 2.45) is 0 Å². The third kappa shape index (κ3) is 1.69. The summed E-state index contributed by atoms with van der Waals surface area (Å²) >= 11 is 0. The zero-order valence-electron chi connectivity index (χ0n) is 11.0. The Morgan fingerprint density at radius 2 is 1.79 bits per heavy atom. The number of hydrogen-bond donors (Lipinski definition) is 0. The van der Waals surface area contributed by atoms with Gasteiger partial charge in [-0.15, -0.1) is 0 Å². The molecule has 0 amide bonds. The van der Waals surface area contributed by atoms with Crippen molar-refractivity contribution in [1.82, 2.24) is 0 Å². The minimum Gasteiger partial charge on any atom is -0.370 e. The Hall–Kier alpha value is -2.02. The molecule has 19 heavy (non-hydrogen) atoms. The fourth-order valence-corrected chi connectivity index (χ4v) is 3.29. The normalized spacial score (nSPS) is 16.3. The number of anilines is 1. The van der Waals surface area contributed by atoms with Crippen LogP contribution in [0.2, 0.25) is 0 Å². The van der Waals surface area contributed by atoms with Crippen LogP contribution < -0.4 is 4.90 Å². The maximum Gasteiger partial charge on any atom is 0.0479 e. The van der Waals surface area contributed by atoms with Gasteiger partial charge < -0.3 is 4.90 Å². The van der Waals surface area contributed by atoms with Crippen LogP contribution in [0, 0.1) is 0 Å². The predicted molar refractivity (Wildman–Crippen MR) is 81.4 cm³/mol. The summed E-state index contributed by atoms with van der Waals surface area (Å²) in [6, 6.07) is 15.3. The van der Waals surface area contributed by atoms with Gasteiger partial charge in [0.2, 0.25) is 0 Å². The highest BCUT2D eigenvalue weighted by molar-refractivity contribution is 5.86. The van der Waals surface area contributed by atoms with E-state index in [4.69, 9.17) is 0 Å². The second-order valence-corrected chi connectivity index (χ2v) is 5.33. The predicted octanol–water partition coefficient (Wildman–Crippen LogP) is 4.13. The van der Waals surface area contributed by atoms with Gasteiger partial charge in [-0.1, -0.05) is 54.6 Å². The molecule has 4 rings (SSSR count). The number of rotatable bonds is 1. The van der Waals surface area contributed by atoms with Crippen LogP contribution >= 0.6 is 0 Å². The van der Waals surface area contributed by atoms with Crippen LogP contribution in [-0.2, 0) is 6.42 Å². The van der Waals surface area contributed by atoms with E-state index < -0.39 is 0 Å². The lowest BCUT2D eigenvalue weighted by Crippen LogP contribution is -2.21. The third-order valence-electron chi connectivity index (χ3n) is 4.20. The first-order valence-corrected chi connectivity index (χ1v) is 7.06. The third-order valence-corrected chi connectivity index (χ3v) is 4.20. The van der Waals surface area contributed by atoms with Crippen molar-refractivity contribution < 1.29 is 0 Å². The highest BCUT2D eigenvalue weighted by Crippen LogP contribution is 2.40. The minimum atomic E-state index is 1.16. The Balaban J connectivity index is 1.97. The number of hydrogen-bond acceptors (Lipinski definition) is 1. The van der Waals surface area contributed by atoms with Crippen molar-refractivity contribution >= 4 is 11.8 Å². The molecule has 1 nitrogen and oxygen atoms in total. The van der Waals surface area contributed by atoms with E-state index in [1.54, 1.807) is 0 Å². The summed E-state index contributed by atoms with van der Waals surface area (Å²) in [5, 5.41) is 0. The van der Waals surface area contributed by atoms with Crippen molar-refractivity contribution in [3.63, 3.8) is 0 Å². The van der Waals surface area contributed by atoms with Gasteiger partial charge in [0.15, 0.2) is 0 Å². The molecule has 0 bridgehead atoms. The van der Waals surface area contributed by atoms with Crippen LogP contribution in [-0.4, -0.2) is 13.1 Å². The van der Waals surface area contributed by atoms with E-state index in [0.29, 0.717) is 0 Å². The van der Waals surface area contributed by atoms with E-state index in [1.165, 1.54) is 40.9 Å². The molecule has 1 heteroatoms. The average molecular weight is 247 g/mol. The molecular weight excluding hydrogens is 230 g/mol. The molecule has 2 aromatic carbocycles. The van der Waals surface area contributed by atoms with Crippen LogP contribution in [0.4, 0.5) is 5.69 Å². The molecule has 0 aliphatic carbocycles. The largest absolute Gasteiger partial charge is 0.370 e. The molecular formula is C18H17N. The summed E-state index contributed by atoms with van der Waals surface area (Å²) in [6.45, 7) is 2.34. The standard InChI is InChI=1S/C18H17N/c1-2-6-14(7-3-1)16-10-9-15-11-13-19-12-5-4-8-17(16)18(15)19/h1-4,6-10H,5,11-13H2. The summed E-state index contributed by atoms with van der Waals surface area (Å²) in [7, 11) is 0. The zero-order valence-corrected chi connectivity index (χ0v) is 11.0. The Bertz CT molecular complexity index is 640. The first-order chi connectivity index (χ1) is 9.43. The molecule has 0 radical (unpaired) electrons. The lowest BCUT2D eigenvalue weighted by atomic mass is 9.95. The molecule has 0 aromatic heterocycles. The maximum atomic E-state index is 2.55. The second kappa shape index (κ2) is 4.27. The van der Waals surface area contributed by atoms with E-state index >= 15 is 0 Å². The van der Waals surface area contributed by atoms with Crippen molar-refractivity contribution in [2.45, 2.75) is 12.8 Å². The van der Waals surface area contributed by atoms with E-state index in [0.717, 1.165) is 13.0 Å². The van der Waals surface area contributed by atoms with Crippen molar-refractivity contribution in [3.8, 4) is 11.1 Å². The van der Waals surface area contributed by atoms with Crippen molar-refractivity contribution in [1.29, 1.82) is 0 Å². The van der Waals surface area contributed by atoms with Crippen LogP contribution in [0.5, 0.6) is 0 Å². The van der Waals surface area contributed by atoms with Crippen LogP contribution in [0.3, 0.4) is 0 Å². The summed E-state index contributed by atoms with van der Waals surface area (Å²) < 4.78 is 0. The van der Waals surface area contributed by atoms with Gasteiger partial charge in [0.05, 0.1) is 0 Å². The topological polar surface area (TPSA) is 3.24 Å². The van der Waals surface area contributed by atoms with Crippen molar-refractivity contribution in [3.05, 3.63) is 59.7 Å². The number of nitrogens with zero attached hydrogens (tertiary/aromatic N) is 1. The molecule has 0 spiro atoms. The maximum absolute atomic E-state index is 2.55. The van der Waals surface area contributed by atoms with Crippen LogP contribution in [0.1, 0.15) is 17.5 Å². The van der Waals surface area contributed by atoms with E-state index in [-0.39, 0.29) is 0 Å². The molecule has 0 atom stereocenters. The Kier molecular flexibility index (Phi) is 2.44. The zero-order chi connectivity index (χ0) is 12.7. The summed E-state index contributed by atoms with van der Waals surface area (Å²) in [6.07, 6.45) is 7.00. The molecule has 2 aliphatic rings. The molecule has 0 unspecified atom stereocenters. The highest BCUT2D eigenvalue weighted by atomic mass is 15.1. The first-order valence-electron chi connectivity index (χ1n) is 7.06. The quantitative estimate of drug-likeness (QED) is 0.732. The molecule has 0 fully saturated rings. The monoisotopic (exact) mass is 247 g/mol. The molecule has 2 aromatic rings. The second-order valence-electron chi connectivity index (χ2n) is 5.33. The van der Waals surface area contributed by atoms with Gasteiger partial charge in [0, 0.05) is 24.3 Å². The lowest BCUT2D eigenvalue weighted by Gasteiger charge is -2.20. The SMILES string of the molecule is C1=Cc2c(-c3ccccc3)ccc3c2N(CC1)CC3.